The van der Waals surface area contributed by atoms with Gasteiger partial charge in [-0.05, 0) is 30.3 Å². The normalized spacial score (nSPS) is 13.4. The first-order valence-electron chi connectivity index (χ1n) is 11.9. The van der Waals surface area contributed by atoms with Gasteiger partial charge in [0.25, 0.3) is 5.91 Å². The minimum Gasteiger partial charge on any atom is -0.496 e. The third-order valence-electron chi connectivity index (χ3n) is 6.22. The lowest BCUT2D eigenvalue weighted by atomic mass is 10.1. The number of ether oxygens (including phenoxy) is 3. The molecule has 1 amide bonds. The van der Waals surface area contributed by atoms with Crippen molar-refractivity contribution in [2.24, 2.45) is 0 Å². The van der Waals surface area contributed by atoms with Gasteiger partial charge in [0.2, 0.25) is 0 Å². The number of amides is 1. The molecule has 2 aromatic carbocycles. The lowest BCUT2D eigenvalue weighted by Crippen LogP contribution is -2.40. The van der Waals surface area contributed by atoms with Crippen molar-refractivity contribution in [1.29, 1.82) is 0 Å². The number of esters is 1. The van der Waals surface area contributed by atoms with Crippen LogP contribution in [0.5, 0.6) is 5.75 Å². The third kappa shape index (κ3) is 5.10. The molecule has 1 aliphatic heterocycles. The zero-order valence-electron chi connectivity index (χ0n) is 20.6. The van der Waals surface area contributed by atoms with Crippen LogP contribution in [0.15, 0.2) is 54.7 Å². The number of morpholine rings is 1. The van der Waals surface area contributed by atoms with E-state index in [0.717, 1.165) is 11.1 Å². The van der Waals surface area contributed by atoms with E-state index in [1.807, 2.05) is 18.2 Å². The van der Waals surface area contributed by atoms with Crippen LogP contribution in [0.25, 0.3) is 11.0 Å². The van der Waals surface area contributed by atoms with E-state index in [4.69, 9.17) is 24.2 Å². The number of rotatable bonds is 7. The molecule has 1 saturated heterocycles. The Bertz CT molecular complexity index is 1440. The van der Waals surface area contributed by atoms with Gasteiger partial charge >= 0.3 is 5.97 Å². The number of aromatic nitrogens is 3. The summed E-state index contributed by atoms with van der Waals surface area (Å²) in [5, 5.41) is 3.26. The number of anilines is 2. The molecule has 3 heterocycles. The largest absolute Gasteiger partial charge is 0.496 e. The van der Waals surface area contributed by atoms with Crippen LogP contribution in [0, 0.1) is 0 Å². The molecule has 0 unspecified atom stereocenters. The van der Waals surface area contributed by atoms with E-state index in [9.17, 15) is 9.59 Å². The average Bonchev–Trinajstić information content (AvgIpc) is 3.42. The standard InChI is InChI=1S/C27H27N5O5/c1-35-22-15-18(26(33)32-11-13-37-14-12-32)8-7-17(22)16-23-29-21-9-10-28-24(21)25(31-23)30-20-6-4-3-5-19(20)27(34)36-2/h3-10,15,28H,11-14,16H2,1-2H3,(H,29,30,31). The number of benzene rings is 2. The van der Waals surface area contributed by atoms with E-state index in [1.54, 1.807) is 48.5 Å². The average molecular weight is 502 g/mol. The van der Waals surface area contributed by atoms with E-state index < -0.39 is 5.97 Å². The maximum Gasteiger partial charge on any atom is 0.339 e. The Balaban J connectivity index is 1.44. The molecule has 0 aliphatic carbocycles. The second-order valence-corrected chi connectivity index (χ2v) is 8.50. The van der Waals surface area contributed by atoms with E-state index >= 15 is 0 Å². The Morgan fingerprint density at radius 1 is 1.08 bits per heavy atom. The lowest BCUT2D eigenvalue weighted by molar-refractivity contribution is 0.0302. The van der Waals surface area contributed by atoms with Gasteiger partial charge in [0.1, 0.15) is 17.1 Å². The van der Waals surface area contributed by atoms with Gasteiger partial charge in [0.15, 0.2) is 5.82 Å². The highest BCUT2D eigenvalue weighted by atomic mass is 16.5. The van der Waals surface area contributed by atoms with Crippen molar-refractivity contribution in [3.8, 4) is 5.75 Å². The Kier molecular flexibility index (Phi) is 7.00. The van der Waals surface area contributed by atoms with Crippen molar-refractivity contribution in [3.05, 3.63) is 77.2 Å². The first-order valence-corrected chi connectivity index (χ1v) is 11.9. The second kappa shape index (κ2) is 10.7. The number of methoxy groups -OCH3 is 2. The number of carbonyl (C=O) groups excluding carboxylic acids is 2. The zero-order chi connectivity index (χ0) is 25.8. The number of nitrogens with one attached hydrogen (secondary N) is 2. The molecular weight excluding hydrogens is 474 g/mol. The van der Waals surface area contributed by atoms with E-state index in [-0.39, 0.29) is 5.91 Å². The van der Waals surface area contributed by atoms with Crippen molar-refractivity contribution < 1.29 is 23.8 Å². The van der Waals surface area contributed by atoms with Crippen LogP contribution in [0.3, 0.4) is 0 Å². The molecule has 2 aromatic heterocycles. The molecule has 0 radical (unpaired) electrons. The molecule has 2 N–H and O–H groups in total. The van der Waals surface area contributed by atoms with Crippen molar-refractivity contribution in [2.75, 3.05) is 45.8 Å². The second-order valence-electron chi connectivity index (χ2n) is 8.50. The first kappa shape index (κ1) is 24.3. The van der Waals surface area contributed by atoms with Crippen LogP contribution in [0.2, 0.25) is 0 Å². The zero-order valence-corrected chi connectivity index (χ0v) is 20.6. The SMILES string of the molecule is COC(=O)c1ccccc1Nc1nc(Cc2ccc(C(=O)N3CCOCC3)cc2OC)nc2cc[nH]c12. The van der Waals surface area contributed by atoms with Gasteiger partial charge in [-0.3, -0.25) is 4.79 Å². The molecule has 4 aromatic rings. The number of nitrogens with zero attached hydrogens (tertiary/aromatic N) is 3. The fourth-order valence-corrected chi connectivity index (χ4v) is 4.31. The highest BCUT2D eigenvalue weighted by Gasteiger charge is 2.21. The summed E-state index contributed by atoms with van der Waals surface area (Å²) in [5.74, 6) is 1.17. The molecule has 5 rings (SSSR count). The Morgan fingerprint density at radius 3 is 2.68 bits per heavy atom. The summed E-state index contributed by atoms with van der Waals surface area (Å²) < 4.78 is 15.9. The molecule has 190 valence electrons. The fraction of sp³-hybridized carbons (Fsp3) is 0.259. The molecular formula is C27H27N5O5. The van der Waals surface area contributed by atoms with Crippen molar-refractivity contribution >= 4 is 34.4 Å². The summed E-state index contributed by atoms with van der Waals surface area (Å²) in [5.41, 5.74) is 3.80. The summed E-state index contributed by atoms with van der Waals surface area (Å²) >= 11 is 0. The maximum absolute atomic E-state index is 12.9. The summed E-state index contributed by atoms with van der Waals surface area (Å²) in [6.07, 6.45) is 2.16. The van der Waals surface area contributed by atoms with Gasteiger partial charge in [0.05, 0.1) is 44.2 Å². The van der Waals surface area contributed by atoms with E-state index in [1.165, 1.54) is 7.11 Å². The molecule has 0 atom stereocenters. The van der Waals surface area contributed by atoms with Gasteiger partial charge in [0, 0.05) is 36.8 Å². The minimum absolute atomic E-state index is 0.0473. The van der Waals surface area contributed by atoms with Gasteiger partial charge in [-0.1, -0.05) is 18.2 Å². The number of fused-ring (bicyclic) bond motifs is 1. The molecule has 10 nitrogen and oxygen atoms in total. The molecule has 1 fully saturated rings. The Morgan fingerprint density at radius 2 is 1.89 bits per heavy atom. The van der Waals surface area contributed by atoms with Gasteiger partial charge in [-0.15, -0.1) is 0 Å². The van der Waals surface area contributed by atoms with Crippen LogP contribution in [-0.4, -0.2) is 72.3 Å². The van der Waals surface area contributed by atoms with Crippen molar-refractivity contribution in [3.63, 3.8) is 0 Å². The Hall–Kier alpha value is -4.44. The minimum atomic E-state index is -0.448. The number of para-hydroxylation sites is 1. The number of carbonyl (C=O) groups is 2. The van der Waals surface area contributed by atoms with Crippen LogP contribution < -0.4 is 10.1 Å². The maximum atomic E-state index is 12.9. The molecule has 0 spiro atoms. The molecule has 10 heteroatoms. The predicted molar refractivity (Wildman–Crippen MR) is 137 cm³/mol. The van der Waals surface area contributed by atoms with E-state index in [0.29, 0.717) is 72.4 Å². The number of hydrogen-bond acceptors (Lipinski definition) is 8. The predicted octanol–water partition coefficient (Wildman–Crippen LogP) is 3.56. The quantitative estimate of drug-likeness (QED) is 0.369. The number of H-pyrrole nitrogens is 1. The van der Waals surface area contributed by atoms with Crippen LogP contribution in [0.4, 0.5) is 11.5 Å². The van der Waals surface area contributed by atoms with Crippen LogP contribution >= 0.6 is 0 Å². The van der Waals surface area contributed by atoms with Crippen molar-refractivity contribution in [1.82, 2.24) is 19.9 Å². The van der Waals surface area contributed by atoms with Crippen molar-refractivity contribution in [2.45, 2.75) is 6.42 Å². The Labute approximate surface area is 213 Å². The summed E-state index contributed by atoms with van der Waals surface area (Å²) in [6.45, 7) is 2.23. The highest BCUT2D eigenvalue weighted by molar-refractivity contribution is 5.98. The van der Waals surface area contributed by atoms with E-state index in [2.05, 4.69) is 10.3 Å². The molecule has 0 saturated carbocycles. The monoisotopic (exact) mass is 501 g/mol. The topological polar surface area (TPSA) is 119 Å². The molecule has 0 bridgehead atoms. The van der Waals surface area contributed by atoms with Gasteiger partial charge < -0.3 is 29.4 Å². The first-order chi connectivity index (χ1) is 18.1. The highest BCUT2D eigenvalue weighted by Crippen LogP contribution is 2.28. The summed E-state index contributed by atoms with van der Waals surface area (Å²) in [4.78, 5) is 39.5. The smallest absolute Gasteiger partial charge is 0.339 e. The van der Waals surface area contributed by atoms with Crippen LogP contribution in [0.1, 0.15) is 32.1 Å². The molecule has 1 aliphatic rings. The van der Waals surface area contributed by atoms with Crippen LogP contribution in [-0.2, 0) is 15.9 Å². The van der Waals surface area contributed by atoms with Gasteiger partial charge in [-0.2, -0.15) is 0 Å². The number of hydrogen-bond donors (Lipinski definition) is 2. The fourth-order valence-electron chi connectivity index (χ4n) is 4.31. The van der Waals surface area contributed by atoms with Gasteiger partial charge in [-0.25, -0.2) is 14.8 Å². The third-order valence-corrected chi connectivity index (χ3v) is 6.22. The summed E-state index contributed by atoms with van der Waals surface area (Å²) in [6, 6.07) is 14.4. The molecule has 37 heavy (non-hydrogen) atoms. The summed E-state index contributed by atoms with van der Waals surface area (Å²) in [7, 11) is 2.92. The lowest BCUT2D eigenvalue weighted by Gasteiger charge is -2.27. The number of aromatic amines is 1.